The minimum absolute atomic E-state index is 0.146. The lowest BCUT2D eigenvalue weighted by Crippen LogP contribution is -2.58. The highest BCUT2D eigenvalue weighted by molar-refractivity contribution is 5.65. The molecule has 9 nitrogen and oxygen atoms in total. The van der Waals surface area contributed by atoms with E-state index in [1.54, 1.807) is 0 Å². The van der Waals surface area contributed by atoms with Gasteiger partial charge < -0.3 is 24.4 Å². The summed E-state index contributed by atoms with van der Waals surface area (Å²) in [6, 6.07) is 8.07. The summed E-state index contributed by atoms with van der Waals surface area (Å²) in [5.74, 6) is -0.542. The lowest BCUT2D eigenvalue weighted by atomic mass is 9.97. The van der Waals surface area contributed by atoms with Crippen molar-refractivity contribution in [3.8, 4) is 0 Å². The molecule has 9 heteroatoms. The zero-order valence-corrected chi connectivity index (χ0v) is 13.1. The minimum atomic E-state index is -1.48. The van der Waals surface area contributed by atoms with E-state index in [4.69, 9.17) is 19.7 Å². The molecule has 1 fully saturated rings. The smallest absolute Gasteiger partial charge is 0.302 e. The van der Waals surface area contributed by atoms with Crippen LogP contribution in [0.25, 0.3) is 10.4 Å². The van der Waals surface area contributed by atoms with Gasteiger partial charge in [0.2, 0.25) is 0 Å². The molecule has 1 aliphatic heterocycles. The standard InChI is InChI=1S/C15H19N3O6/c1-9(19)22-8-11-13(20)14(12(17-18-16)15(21)24-11)23-7-10-5-3-2-4-6-10/h2-6,11-15,20-21H,7-8H2,1H3/t11-,12-,13-,14-,15+/m1/s1. The Balaban J connectivity index is 2.10. The lowest BCUT2D eigenvalue weighted by Gasteiger charge is -2.40. The SMILES string of the molecule is CC(=O)OC[C@H]1O[C@H](O)[C@H](N=[N+]=[N-])[C@@H](OCc2ccccc2)[C@@H]1O. The summed E-state index contributed by atoms with van der Waals surface area (Å²) in [5.41, 5.74) is 9.50. The van der Waals surface area contributed by atoms with E-state index in [1.165, 1.54) is 6.92 Å². The number of hydrogen-bond donors (Lipinski definition) is 2. The molecule has 1 saturated heterocycles. The highest BCUT2D eigenvalue weighted by atomic mass is 16.6. The van der Waals surface area contributed by atoms with Gasteiger partial charge in [0, 0.05) is 11.8 Å². The first-order valence-electron chi connectivity index (χ1n) is 7.37. The molecule has 1 aromatic rings. The van der Waals surface area contributed by atoms with Crippen LogP contribution in [-0.2, 0) is 25.6 Å². The summed E-state index contributed by atoms with van der Waals surface area (Å²) in [6.45, 7) is 1.12. The number of aliphatic hydroxyl groups is 2. The fraction of sp³-hybridized carbons (Fsp3) is 0.533. The third-order valence-electron chi connectivity index (χ3n) is 3.58. The summed E-state index contributed by atoms with van der Waals surface area (Å²) < 4.78 is 15.7. The van der Waals surface area contributed by atoms with Crippen molar-refractivity contribution in [3.05, 3.63) is 46.3 Å². The normalized spacial score (nSPS) is 29.5. The number of aliphatic hydroxyl groups excluding tert-OH is 2. The van der Waals surface area contributed by atoms with E-state index in [-0.39, 0.29) is 13.2 Å². The summed E-state index contributed by atoms with van der Waals surface area (Å²) in [5, 5.41) is 23.9. The van der Waals surface area contributed by atoms with E-state index in [2.05, 4.69) is 10.0 Å². The van der Waals surface area contributed by atoms with Crippen LogP contribution in [0.5, 0.6) is 0 Å². The molecule has 1 aliphatic rings. The molecule has 0 aromatic heterocycles. The van der Waals surface area contributed by atoms with Crippen molar-refractivity contribution in [2.45, 2.75) is 44.2 Å². The fourth-order valence-corrected chi connectivity index (χ4v) is 2.40. The highest BCUT2D eigenvalue weighted by Crippen LogP contribution is 2.26. The molecule has 0 unspecified atom stereocenters. The molecule has 1 heterocycles. The van der Waals surface area contributed by atoms with Gasteiger partial charge in [-0.3, -0.25) is 4.79 Å². The van der Waals surface area contributed by atoms with Crippen molar-refractivity contribution in [1.29, 1.82) is 0 Å². The molecule has 0 bridgehead atoms. The zero-order valence-electron chi connectivity index (χ0n) is 13.1. The van der Waals surface area contributed by atoms with E-state index < -0.39 is 36.6 Å². The maximum atomic E-state index is 10.9. The maximum Gasteiger partial charge on any atom is 0.302 e. The number of ether oxygens (including phenoxy) is 3. The van der Waals surface area contributed by atoms with Crippen molar-refractivity contribution in [2.24, 2.45) is 5.11 Å². The third kappa shape index (κ3) is 4.67. The van der Waals surface area contributed by atoms with Gasteiger partial charge in [-0.15, -0.1) is 0 Å². The van der Waals surface area contributed by atoms with Gasteiger partial charge in [0.25, 0.3) is 0 Å². The topological polar surface area (TPSA) is 134 Å². The van der Waals surface area contributed by atoms with E-state index >= 15 is 0 Å². The number of rotatable bonds is 6. The van der Waals surface area contributed by atoms with E-state index in [0.717, 1.165) is 5.56 Å². The molecule has 1 aromatic carbocycles. The Morgan fingerprint density at radius 1 is 1.38 bits per heavy atom. The average Bonchev–Trinajstić information content (AvgIpc) is 2.57. The maximum absolute atomic E-state index is 10.9. The van der Waals surface area contributed by atoms with Crippen LogP contribution in [0.4, 0.5) is 0 Å². The number of esters is 1. The Hall–Kier alpha value is -2.16. The van der Waals surface area contributed by atoms with Gasteiger partial charge >= 0.3 is 5.97 Å². The fourth-order valence-electron chi connectivity index (χ4n) is 2.40. The summed E-state index contributed by atoms with van der Waals surface area (Å²) in [6.07, 6.45) is -4.72. The number of carbonyl (C=O) groups excluding carboxylic acids is 1. The second-order valence-electron chi connectivity index (χ2n) is 5.31. The van der Waals surface area contributed by atoms with Crippen LogP contribution in [-0.4, -0.2) is 53.4 Å². The molecule has 2 rings (SSSR count). The summed E-state index contributed by atoms with van der Waals surface area (Å²) in [4.78, 5) is 13.6. The van der Waals surface area contributed by atoms with Gasteiger partial charge in [-0.2, -0.15) is 0 Å². The molecule has 5 atom stereocenters. The molecule has 0 spiro atoms. The van der Waals surface area contributed by atoms with Crippen molar-refractivity contribution >= 4 is 5.97 Å². The van der Waals surface area contributed by atoms with Crippen LogP contribution >= 0.6 is 0 Å². The van der Waals surface area contributed by atoms with Crippen LogP contribution < -0.4 is 0 Å². The molecule has 0 aliphatic carbocycles. The molecule has 130 valence electrons. The predicted octanol–water partition coefficient (Wildman–Crippen LogP) is 0.892. The Morgan fingerprint density at radius 2 is 2.08 bits per heavy atom. The molecule has 0 amide bonds. The van der Waals surface area contributed by atoms with E-state index in [1.807, 2.05) is 30.3 Å². The molecule has 2 N–H and O–H groups in total. The largest absolute Gasteiger partial charge is 0.463 e. The second kappa shape index (κ2) is 8.62. The van der Waals surface area contributed by atoms with Gasteiger partial charge in [0.1, 0.15) is 24.9 Å². The number of nitrogens with zero attached hydrogens (tertiary/aromatic N) is 3. The van der Waals surface area contributed by atoms with Crippen molar-refractivity contribution in [1.82, 2.24) is 0 Å². The number of azide groups is 1. The van der Waals surface area contributed by atoms with Crippen LogP contribution in [0.1, 0.15) is 12.5 Å². The van der Waals surface area contributed by atoms with Crippen LogP contribution in [0.3, 0.4) is 0 Å². The highest BCUT2D eigenvalue weighted by Gasteiger charge is 2.45. The first kappa shape index (κ1) is 18.2. The molecular formula is C15H19N3O6. The van der Waals surface area contributed by atoms with E-state index in [9.17, 15) is 15.0 Å². The van der Waals surface area contributed by atoms with Crippen LogP contribution in [0, 0.1) is 0 Å². The van der Waals surface area contributed by atoms with Crippen LogP contribution in [0.2, 0.25) is 0 Å². The van der Waals surface area contributed by atoms with Gasteiger partial charge in [-0.1, -0.05) is 35.4 Å². The van der Waals surface area contributed by atoms with Gasteiger partial charge in [-0.25, -0.2) is 0 Å². The summed E-state index contributed by atoms with van der Waals surface area (Å²) >= 11 is 0. The average molecular weight is 337 g/mol. The molecular weight excluding hydrogens is 318 g/mol. The molecule has 24 heavy (non-hydrogen) atoms. The number of hydrogen-bond acceptors (Lipinski definition) is 7. The first-order valence-corrected chi connectivity index (χ1v) is 7.37. The second-order valence-corrected chi connectivity index (χ2v) is 5.31. The van der Waals surface area contributed by atoms with Gasteiger partial charge in [0.05, 0.1) is 12.7 Å². The zero-order chi connectivity index (χ0) is 17.5. The van der Waals surface area contributed by atoms with Crippen molar-refractivity contribution in [3.63, 3.8) is 0 Å². The van der Waals surface area contributed by atoms with Crippen molar-refractivity contribution in [2.75, 3.05) is 6.61 Å². The van der Waals surface area contributed by atoms with Gasteiger partial charge in [0.15, 0.2) is 6.29 Å². The number of carbonyl (C=O) groups is 1. The minimum Gasteiger partial charge on any atom is -0.463 e. The number of benzene rings is 1. The third-order valence-corrected chi connectivity index (χ3v) is 3.58. The van der Waals surface area contributed by atoms with Crippen LogP contribution in [0.15, 0.2) is 35.4 Å². The summed E-state index contributed by atoms with van der Waals surface area (Å²) in [7, 11) is 0. The Kier molecular flexibility index (Phi) is 6.53. The van der Waals surface area contributed by atoms with E-state index in [0.29, 0.717) is 0 Å². The van der Waals surface area contributed by atoms with Crippen molar-refractivity contribution < 1.29 is 29.2 Å². The lowest BCUT2D eigenvalue weighted by molar-refractivity contribution is -0.260. The Bertz CT molecular complexity index is 592. The monoisotopic (exact) mass is 337 g/mol. The Labute approximate surface area is 138 Å². The molecule has 0 saturated carbocycles. The first-order chi connectivity index (χ1) is 11.5. The quantitative estimate of drug-likeness (QED) is 0.343. The predicted molar refractivity (Wildman–Crippen MR) is 81.5 cm³/mol. The molecule has 0 radical (unpaired) electrons. The van der Waals surface area contributed by atoms with Gasteiger partial charge in [-0.05, 0) is 11.1 Å². The Morgan fingerprint density at radius 3 is 2.71 bits per heavy atom.